The van der Waals surface area contributed by atoms with Crippen LogP contribution in [0, 0.1) is 5.92 Å². The normalized spacial score (nSPS) is 22.9. The summed E-state index contributed by atoms with van der Waals surface area (Å²) in [5, 5.41) is 12.0. The van der Waals surface area contributed by atoms with Gasteiger partial charge in [0.2, 0.25) is 5.95 Å². The molecule has 1 atom stereocenters. The fourth-order valence-electron chi connectivity index (χ4n) is 3.70. The number of carboxylic acid groups (broad SMARTS) is 1. The highest BCUT2D eigenvalue weighted by Gasteiger charge is 2.25. The molecule has 1 aliphatic carbocycles. The molecule has 6 nitrogen and oxygen atoms in total. The van der Waals surface area contributed by atoms with Gasteiger partial charge in [-0.2, -0.15) is 0 Å². The average Bonchev–Trinajstić information content (AvgIpc) is 3.02. The van der Waals surface area contributed by atoms with E-state index >= 15 is 0 Å². The molecule has 24 heavy (non-hydrogen) atoms. The lowest BCUT2D eigenvalue weighted by Crippen LogP contribution is -2.31. The van der Waals surface area contributed by atoms with Crippen molar-refractivity contribution >= 4 is 18.0 Å². The van der Waals surface area contributed by atoms with Crippen LogP contribution in [0.2, 0.25) is 0 Å². The van der Waals surface area contributed by atoms with Gasteiger partial charge in [-0.3, -0.25) is 0 Å². The van der Waals surface area contributed by atoms with Crippen LogP contribution in [0.4, 0.5) is 5.95 Å². The molecule has 0 radical (unpaired) electrons. The molecule has 2 aliphatic rings. The van der Waals surface area contributed by atoms with Crippen LogP contribution >= 0.6 is 0 Å². The fraction of sp³-hybridized carbons (Fsp3) is 0.611. The second kappa shape index (κ2) is 8.24. The molecule has 1 aromatic heterocycles. The van der Waals surface area contributed by atoms with Crippen molar-refractivity contribution in [3.05, 3.63) is 24.0 Å². The van der Waals surface area contributed by atoms with Gasteiger partial charge in [-0.05, 0) is 31.3 Å². The second-order valence-electron chi connectivity index (χ2n) is 6.91. The predicted octanol–water partition coefficient (Wildman–Crippen LogP) is 2.64. The van der Waals surface area contributed by atoms with Crippen molar-refractivity contribution in [3.63, 3.8) is 0 Å². The van der Waals surface area contributed by atoms with Crippen LogP contribution < -0.4 is 5.32 Å². The van der Waals surface area contributed by atoms with Gasteiger partial charge in [-0.15, -0.1) is 0 Å². The number of likely N-dealkylation sites (tertiary alicyclic amines) is 1. The van der Waals surface area contributed by atoms with E-state index in [4.69, 9.17) is 5.11 Å². The maximum absolute atomic E-state index is 10.5. The van der Waals surface area contributed by atoms with Crippen LogP contribution in [-0.2, 0) is 4.79 Å². The number of hydrogen-bond donors (Lipinski definition) is 2. The molecule has 1 unspecified atom stereocenters. The lowest BCUT2D eigenvalue weighted by Gasteiger charge is -2.26. The summed E-state index contributed by atoms with van der Waals surface area (Å²) in [5.41, 5.74) is 0.688. The summed E-state index contributed by atoms with van der Waals surface area (Å²) in [7, 11) is 0. The maximum Gasteiger partial charge on any atom is 0.328 e. The number of rotatable bonds is 6. The van der Waals surface area contributed by atoms with Gasteiger partial charge in [0.05, 0.1) is 0 Å². The zero-order chi connectivity index (χ0) is 16.8. The SMILES string of the molecule is O=C(O)/C=C/c1cnc(NC2CCN(CC3CCCCC3)C2)nc1. The van der Waals surface area contributed by atoms with Crippen LogP contribution in [0.1, 0.15) is 44.1 Å². The van der Waals surface area contributed by atoms with E-state index in [0.29, 0.717) is 17.6 Å². The van der Waals surface area contributed by atoms with Gasteiger partial charge in [0.25, 0.3) is 0 Å². The van der Waals surface area contributed by atoms with Crippen molar-refractivity contribution in [3.8, 4) is 0 Å². The minimum atomic E-state index is -0.971. The van der Waals surface area contributed by atoms with Gasteiger partial charge in [-0.1, -0.05) is 19.3 Å². The number of carbonyl (C=O) groups is 1. The van der Waals surface area contributed by atoms with Crippen LogP contribution in [0.5, 0.6) is 0 Å². The van der Waals surface area contributed by atoms with Crippen molar-refractivity contribution in [2.45, 2.75) is 44.6 Å². The second-order valence-corrected chi connectivity index (χ2v) is 6.91. The minimum absolute atomic E-state index is 0.397. The third-order valence-electron chi connectivity index (χ3n) is 4.94. The summed E-state index contributed by atoms with van der Waals surface area (Å²) in [6.45, 7) is 3.44. The Hall–Kier alpha value is -1.95. The minimum Gasteiger partial charge on any atom is -0.478 e. The molecule has 1 aliphatic heterocycles. The lowest BCUT2D eigenvalue weighted by atomic mass is 9.89. The van der Waals surface area contributed by atoms with Gasteiger partial charge in [0.1, 0.15) is 0 Å². The Morgan fingerprint density at radius 3 is 2.71 bits per heavy atom. The molecule has 1 saturated heterocycles. The number of carboxylic acids is 1. The molecule has 3 rings (SSSR count). The van der Waals surface area contributed by atoms with Gasteiger partial charge < -0.3 is 15.3 Å². The third-order valence-corrected chi connectivity index (χ3v) is 4.94. The first-order valence-electron chi connectivity index (χ1n) is 8.91. The quantitative estimate of drug-likeness (QED) is 0.781. The highest BCUT2D eigenvalue weighted by Crippen LogP contribution is 2.26. The topological polar surface area (TPSA) is 78.3 Å². The molecule has 2 heterocycles. The molecule has 130 valence electrons. The zero-order valence-electron chi connectivity index (χ0n) is 14.0. The summed E-state index contributed by atoms with van der Waals surface area (Å²) in [4.78, 5) is 21.6. The van der Waals surface area contributed by atoms with Crippen molar-refractivity contribution in [1.29, 1.82) is 0 Å². The highest BCUT2D eigenvalue weighted by molar-refractivity contribution is 5.85. The first kappa shape index (κ1) is 16.9. The molecular weight excluding hydrogens is 304 g/mol. The average molecular weight is 330 g/mol. The molecule has 1 saturated carbocycles. The number of aromatic nitrogens is 2. The number of nitrogens with zero attached hydrogens (tertiary/aromatic N) is 3. The van der Waals surface area contributed by atoms with E-state index in [1.54, 1.807) is 12.4 Å². The number of hydrogen-bond acceptors (Lipinski definition) is 5. The Bertz CT molecular complexity index is 567. The first-order chi connectivity index (χ1) is 11.7. The van der Waals surface area contributed by atoms with E-state index in [-0.39, 0.29) is 0 Å². The molecule has 2 fully saturated rings. The Morgan fingerprint density at radius 2 is 2.00 bits per heavy atom. The van der Waals surface area contributed by atoms with E-state index < -0.39 is 5.97 Å². The summed E-state index contributed by atoms with van der Waals surface area (Å²) >= 11 is 0. The van der Waals surface area contributed by atoms with Gasteiger partial charge >= 0.3 is 5.97 Å². The van der Waals surface area contributed by atoms with Crippen molar-refractivity contribution in [2.24, 2.45) is 5.92 Å². The molecule has 2 N–H and O–H groups in total. The van der Waals surface area contributed by atoms with Crippen molar-refractivity contribution in [2.75, 3.05) is 25.0 Å². The van der Waals surface area contributed by atoms with Crippen molar-refractivity contribution in [1.82, 2.24) is 14.9 Å². The van der Waals surface area contributed by atoms with E-state index in [1.165, 1.54) is 44.7 Å². The molecule has 6 heteroatoms. The summed E-state index contributed by atoms with van der Waals surface area (Å²) in [6.07, 6.45) is 14.0. The number of aliphatic carboxylic acids is 1. The lowest BCUT2D eigenvalue weighted by molar-refractivity contribution is -0.131. The van der Waals surface area contributed by atoms with Crippen LogP contribution in [0.25, 0.3) is 6.08 Å². The largest absolute Gasteiger partial charge is 0.478 e. The van der Waals surface area contributed by atoms with Gasteiger partial charge in [0, 0.05) is 49.7 Å². The van der Waals surface area contributed by atoms with Gasteiger partial charge in [0.15, 0.2) is 0 Å². The molecular formula is C18H26N4O2. The predicted molar refractivity (Wildman–Crippen MR) is 93.7 cm³/mol. The maximum atomic E-state index is 10.5. The Balaban J connectivity index is 1.45. The molecule has 0 amide bonds. The molecule has 0 aromatic carbocycles. The Labute approximate surface area is 143 Å². The van der Waals surface area contributed by atoms with Gasteiger partial charge in [-0.25, -0.2) is 14.8 Å². The number of anilines is 1. The monoisotopic (exact) mass is 330 g/mol. The van der Waals surface area contributed by atoms with E-state index in [9.17, 15) is 4.79 Å². The Morgan fingerprint density at radius 1 is 1.25 bits per heavy atom. The summed E-state index contributed by atoms with van der Waals surface area (Å²) in [5.74, 6) is 0.530. The van der Waals surface area contributed by atoms with Crippen LogP contribution in [-0.4, -0.2) is 51.6 Å². The first-order valence-corrected chi connectivity index (χ1v) is 8.91. The molecule has 1 aromatic rings. The Kier molecular flexibility index (Phi) is 5.80. The highest BCUT2D eigenvalue weighted by atomic mass is 16.4. The van der Waals surface area contributed by atoms with Crippen LogP contribution in [0.15, 0.2) is 18.5 Å². The van der Waals surface area contributed by atoms with Crippen LogP contribution in [0.3, 0.4) is 0 Å². The van der Waals surface area contributed by atoms with E-state index in [1.807, 2.05) is 0 Å². The van der Waals surface area contributed by atoms with Crippen molar-refractivity contribution < 1.29 is 9.90 Å². The number of nitrogens with one attached hydrogen (secondary N) is 1. The molecule has 0 bridgehead atoms. The zero-order valence-corrected chi connectivity index (χ0v) is 14.0. The summed E-state index contributed by atoms with van der Waals surface area (Å²) in [6, 6.07) is 0.397. The summed E-state index contributed by atoms with van der Waals surface area (Å²) < 4.78 is 0. The fourth-order valence-corrected chi connectivity index (χ4v) is 3.70. The van der Waals surface area contributed by atoms with E-state index in [0.717, 1.165) is 31.5 Å². The standard InChI is InChI=1S/C18H26N4O2/c23-17(24)7-6-15-10-19-18(20-11-15)21-16-8-9-22(13-16)12-14-4-2-1-3-5-14/h6-7,10-11,14,16H,1-5,8-9,12-13H2,(H,23,24)(H,19,20,21)/b7-6+. The molecule has 0 spiro atoms. The smallest absolute Gasteiger partial charge is 0.328 e. The van der Waals surface area contributed by atoms with E-state index in [2.05, 4.69) is 20.2 Å². The third kappa shape index (κ3) is 5.03.